The lowest BCUT2D eigenvalue weighted by Crippen LogP contribution is -2.40. The first kappa shape index (κ1) is 14.2. The van der Waals surface area contributed by atoms with Crippen LogP contribution in [0, 0.1) is 5.92 Å². The van der Waals surface area contributed by atoms with Gasteiger partial charge in [0, 0.05) is 24.8 Å². The first-order valence-electron chi connectivity index (χ1n) is 6.00. The van der Waals surface area contributed by atoms with Crippen LogP contribution in [0.3, 0.4) is 0 Å². The summed E-state index contributed by atoms with van der Waals surface area (Å²) in [6.07, 6.45) is 4.59. The summed E-state index contributed by atoms with van der Waals surface area (Å²) in [4.78, 5) is 17.2. The molecule has 0 saturated heterocycles. The van der Waals surface area contributed by atoms with E-state index in [9.17, 15) is 9.90 Å². The Balaban J connectivity index is 2.45. The molecule has 1 heterocycles. The van der Waals surface area contributed by atoms with Crippen molar-refractivity contribution in [1.82, 2.24) is 9.55 Å². The zero-order valence-electron chi connectivity index (χ0n) is 10.3. The van der Waals surface area contributed by atoms with Crippen molar-refractivity contribution in [2.45, 2.75) is 25.0 Å². The van der Waals surface area contributed by atoms with Crippen molar-refractivity contribution in [3.63, 3.8) is 0 Å². The minimum absolute atomic E-state index is 0.00428. The van der Waals surface area contributed by atoms with Gasteiger partial charge in [0.25, 0.3) is 0 Å². The molecule has 0 amide bonds. The first-order valence-corrected chi connectivity index (χ1v) is 6.91. The van der Waals surface area contributed by atoms with Gasteiger partial charge in [0.1, 0.15) is 11.5 Å². The third-order valence-electron chi connectivity index (χ3n) is 3.50. The van der Waals surface area contributed by atoms with Crippen LogP contribution in [-0.4, -0.2) is 26.4 Å². The summed E-state index contributed by atoms with van der Waals surface area (Å²) in [6.45, 7) is 0.00756. The van der Waals surface area contributed by atoms with Crippen molar-refractivity contribution >= 4 is 27.8 Å². The van der Waals surface area contributed by atoms with E-state index in [0.717, 1.165) is 0 Å². The van der Waals surface area contributed by atoms with Crippen molar-refractivity contribution in [1.29, 1.82) is 0 Å². The van der Waals surface area contributed by atoms with Crippen LogP contribution in [-0.2, 0) is 5.72 Å². The number of nitrogens with two attached hydrogens (primary N) is 1. The Bertz CT molecular complexity index is 558. The highest BCUT2D eigenvalue weighted by Crippen LogP contribution is 2.37. The molecule has 1 saturated carbocycles. The smallest absolute Gasteiger partial charge is 0.351 e. The van der Waals surface area contributed by atoms with E-state index in [1.807, 2.05) is 0 Å². The van der Waals surface area contributed by atoms with Gasteiger partial charge in [-0.05, 0) is 29.8 Å². The van der Waals surface area contributed by atoms with E-state index in [1.54, 1.807) is 11.1 Å². The maximum absolute atomic E-state index is 11.9. The van der Waals surface area contributed by atoms with Crippen molar-refractivity contribution in [2.75, 3.05) is 12.3 Å². The molecule has 1 aliphatic rings. The molecular weight excluding hydrogens is 314 g/mol. The van der Waals surface area contributed by atoms with Gasteiger partial charge in [0.15, 0.2) is 0 Å². The summed E-state index contributed by atoms with van der Waals surface area (Å²) in [5, 5.41) is 19.7. The zero-order valence-corrected chi connectivity index (χ0v) is 11.9. The van der Waals surface area contributed by atoms with Crippen LogP contribution in [0.4, 0.5) is 5.82 Å². The molecule has 2 atom stereocenters. The molecule has 19 heavy (non-hydrogen) atoms. The molecule has 2 unspecified atom stereocenters. The lowest BCUT2D eigenvalue weighted by Gasteiger charge is -2.25. The number of nitrogens with zero attached hydrogens (tertiary/aromatic N) is 2. The van der Waals surface area contributed by atoms with Gasteiger partial charge in [-0.3, -0.25) is 4.57 Å². The Hall–Kier alpha value is -1.18. The summed E-state index contributed by atoms with van der Waals surface area (Å²) in [5.41, 5.74) is 4.34. The van der Waals surface area contributed by atoms with E-state index < -0.39 is 11.4 Å². The third kappa shape index (κ3) is 2.72. The standard InChI is InChI=1S/C12H16BrN3O3/c13-4-2-9-6-16(11(18)15-10(9)14)12(19)3-1-8(5-12)7-17/h2,4,6,8,17,19H,1,3,5,7H2,(H2,14,15,18). The predicted molar refractivity (Wildman–Crippen MR) is 75.5 cm³/mol. The summed E-state index contributed by atoms with van der Waals surface area (Å²) in [7, 11) is 0. The van der Waals surface area contributed by atoms with Crippen LogP contribution in [0.2, 0.25) is 0 Å². The van der Waals surface area contributed by atoms with E-state index in [4.69, 9.17) is 10.8 Å². The van der Waals surface area contributed by atoms with Crippen LogP contribution in [0.1, 0.15) is 24.8 Å². The molecule has 104 valence electrons. The van der Waals surface area contributed by atoms with Crippen molar-refractivity contribution in [2.24, 2.45) is 5.92 Å². The van der Waals surface area contributed by atoms with E-state index in [1.165, 1.54) is 10.8 Å². The Morgan fingerprint density at radius 3 is 3.00 bits per heavy atom. The van der Waals surface area contributed by atoms with Crippen molar-refractivity contribution < 1.29 is 10.2 Å². The SMILES string of the molecule is Nc1nc(=O)n(C2(O)CCC(CO)C2)cc1C=CBr. The fourth-order valence-corrected chi connectivity index (χ4v) is 2.74. The van der Waals surface area contributed by atoms with Crippen LogP contribution >= 0.6 is 15.9 Å². The van der Waals surface area contributed by atoms with Crippen molar-refractivity contribution in [3.05, 3.63) is 27.2 Å². The predicted octanol–water partition coefficient (Wildman–Crippen LogP) is 0.629. The molecule has 0 spiro atoms. The lowest BCUT2D eigenvalue weighted by molar-refractivity contribution is -0.0404. The molecule has 0 aromatic carbocycles. The van der Waals surface area contributed by atoms with Gasteiger partial charge in [-0.1, -0.05) is 15.9 Å². The third-order valence-corrected chi connectivity index (χ3v) is 3.77. The van der Waals surface area contributed by atoms with E-state index in [2.05, 4.69) is 20.9 Å². The minimum atomic E-state index is -1.29. The van der Waals surface area contributed by atoms with Crippen LogP contribution in [0.15, 0.2) is 16.0 Å². The van der Waals surface area contributed by atoms with Crippen molar-refractivity contribution in [3.8, 4) is 0 Å². The number of aromatic nitrogens is 2. The monoisotopic (exact) mass is 329 g/mol. The Morgan fingerprint density at radius 1 is 1.68 bits per heavy atom. The average molecular weight is 330 g/mol. The fourth-order valence-electron chi connectivity index (χ4n) is 2.45. The quantitative estimate of drug-likeness (QED) is 0.755. The average Bonchev–Trinajstić information content (AvgIpc) is 2.75. The number of rotatable bonds is 3. The molecule has 1 aliphatic carbocycles. The van der Waals surface area contributed by atoms with Gasteiger partial charge in [-0.2, -0.15) is 4.98 Å². The molecular formula is C12H16BrN3O3. The molecule has 0 radical (unpaired) electrons. The largest absolute Gasteiger partial charge is 0.396 e. The van der Waals surface area contributed by atoms with Crippen LogP contribution < -0.4 is 11.4 Å². The van der Waals surface area contributed by atoms with E-state index >= 15 is 0 Å². The van der Waals surface area contributed by atoms with Crippen LogP contribution in [0.5, 0.6) is 0 Å². The number of anilines is 1. The summed E-state index contributed by atoms with van der Waals surface area (Å²) in [5.74, 6) is 0.127. The Labute approximate surface area is 118 Å². The first-order chi connectivity index (χ1) is 9.00. The van der Waals surface area contributed by atoms with Gasteiger partial charge in [-0.15, -0.1) is 0 Å². The second-order valence-electron chi connectivity index (χ2n) is 4.80. The minimum Gasteiger partial charge on any atom is -0.396 e. The Morgan fingerprint density at radius 2 is 2.42 bits per heavy atom. The summed E-state index contributed by atoms with van der Waals surface area (Å²) in [6, 6.07) is 0. The lowest BCUT2D eigenvalue weighted by atomic mass is 10.1. The van der Waals surface area contributed by atoms with Crippen LogP contribution in [0.25, 0.3) is 6.08 Å². The number of aliphatic hydroxyl groups excluding tert-OH is 1. The van der Waals surface area contributed by atoms with Gasteiger partial charge < -0.3 is 15.9 Å². The maximum atomic E-state index is 11.9. The number of hydrogen-bond acceptors (Lipinski definition) is 5. The highest BCUT2D eigenvalue weighted by atomic mass is 79.9. The molecule has 6 nitrogen and oxygen atoms in total. The molecule has 0 bridgehead atoms. The maximum Gasteiger partial charge on any atom is 0.351 e. The molecule has 2 rings (SSSR count). The van der Waals surface area contributed by atoms with Gasteiger partial charge in [0.05, 0.1) is 0 Å². The summed E-state index contributed by atoms with van der Waals surface area (Å²) >= 11 is 3.13. The summed E-state index contributed by atoms with van der Waals surface area (Å²) < 4.78 is 1.21. The highest BCUT2D eigenvalue weighted by Gasteiger charge is 2.39. The number of aliphatic hydroxyl groups is 2. The van der Waals surface area contributed by atoms with Gasteiger partial charge in [0.2, 0.25) is 0 Å². The molecule has 0 aliphatic heterocycles. The van der Waals surface area contributed by atoms with Gasteiger partial charge >= 0.3 is 5.69 Å². The molecule has 7 heteroatoms. The fraction of sp³-hybridized carbons (Fsp3) is 0.500. The van der Waals surface area contributed by atoms with E-state index in [0.29, 0.717) is 24.8 Å². The Kier molecular flexibility index (Phi) is 4.07. The molecule has 1 aromatic heterocycles. The second kappa shape index (κ2) is 5.44. The number of nitrogen functional groups attached to an aromatic ring is 1. The molecule has 4 N–H and O–H groups in total. The van der Waals surface area contributed by atoms with Gasteiger partial charge in [-0.25, -0.2) is 4.79 Å². The number of hydrogen-bond donors (Lipinski definition) is 3. The van der Waals surface area contributed by atoms with E-state index in [-0.39, 0.29) is 18.3 Å². The number of halogens is 1. The molecule has 1 fully saturated rings. The highest BCUT2D eigenvalue weighted by molar-refractivity contribution is 9.11. The second-order valence-corrected chi connectivity index (χ2v) is 5.33. The molecule has 1 aromatic rings. The zero-order chi connectivity index (χ0) is 14.0. The topological polar surface area (TPSA) is 101 Å². The normalized spacial score (nSPS) is 27.2.